The molecular weight excluding hydrogens is 992 g/mol. The lowest BCUT2D eigenvalue weighted by atomic mass is 9.34. The normalized spacial score (nSPS) is 12.9. The van der Waals surface area contributed by atoms with Crippen molar-refractivity contribution in [2.45, 2.75) is 0 Å². The number of para-hydroxylation sites is 2. The van der Waals surface area contributed by atoms with Crippen molar-refractivity contribution < 1.29 is 4.42 Å². The van der Waals surface area contributed by atoms with Gasteiger partial charge in [0.25, 0.3) is 6.71 Å². The van der Waals surface area contributed by atoms with Gasteiger partial charge in [0.15, 0.2) is 0 Å². The summed E-state index contributed by atoms with van der Waals surface area (Å²) in [4.78, 5) is 0. The molecule has 15 aromatic carbocycles. The SMILES string of the molecule is c1ccc(-c2cccc(-c3ccccc3)c2-c2cc3c4c(c2)-n2c5ccc6c7ccccc7c7ccccc7c6c5c5c6c7ccccc7c7ccccc7c6cc(c52)B4c2cccc4c5cc6oc7ccccc7c6cc5n-3c24)cc1. The molecule has 3 aromatic heterocycles. The summed E-state index contributed by atoms with van der Waals surface area (Å²) in [6, 6.07) is 98.4. The van der Waals surface area contributed by atoms with Crippen LogP contribution in [0.4, 0.5) is 0 Å². The zero-order valence-corrected chi connectivity index (χ0v) is 44.2. The van der Waals surface area contributed by atoms with Gasteiger partial charge >= 0.3 is 0 Å². The number of hydrogen-bond donors (Lipinski definition) is 0. The van der Waals surface area contributed by atoms with Crippen LogP contribution in [0.1, 0.15) is 0 Å². The maximum Gasteiger partial charge on any atom is 0.252 e. The van der Waals surface area contributed by atoms with Crippen LogP contribution < -0.4 is 16.4 Å². The summed E-state index contributed by atoms with van der Waals surface area (Å²) in [7, 11) is 0. The number of benzene rings is 15. The second-order valence-electron chi connectivity index (χ2n) is 22.9. The third-order valence-corrected chi connectivity index (χ3v) is 19.0. The summed E-state index contributed by atoms with van der Waals surface area (Å²) in [6.07, 6.45) is 0. The topological polar surface area (TPSA) is 23.0 Å². The van der Waals surface area contributed by atoms with Crippen molar-refractivity contribution in [2.75, 3.05) is 0 Å². The van der Waals surface area contributed by atoms with Crippen LogP contribution in [0.3, 0.4) is 0 Å². The number of aromatic nitrogens is 2. The molecule has 3 nitrogen and oxygen atoms in total. The lowest BCUT2D eigenvalue weighted by Gasteiger charge is -2.35. The van der Waals surface area contributed by atoms with E-state index in [1.165, 1.54) is 169 Å². The van der Waals surface area contributed by atoms with Crippen molar-refractivity contribution >= 4 is 153 Å². The predicted octanol–water partition coefficient (Wildman–Crippen LogP) is 18.8. The summed E-state index contributed by atoms with van der Waals surface area (Å²) in [5, 5.41) is 22.6. The van der Waals surface area contributed by atoms with Gasteiger partial charge in [0.1, 0.15) is 11.2 Å². The smallest absolute Gasteiger partial charge is 0.252 e. The first-order valence-electron chi connectivity index (χ1n) is 28.6. The lowest BCUT2D eigenvalue weighted by molar-refractivity contribution is 0.669. The highest BCUT2D eigenvalue weighted by molar-refractivity contribution is 7.00. The van der Waals surface area contributed by atoms with Gasteiger partial charge in [0, 0.05) is 60.0 Å². The van der Waals surface area contributed by atoms with Crippen LogP contribution in [-0.2, 0) is 0 Å². The molecular formula is C78H43BN2O. The molecule has 0 bridgehead atoms. The first-order chi connectivity index (χ1) is 40.7. The van der Waals surface area contributed by atoms with Gasteiger partial charge in [-0.15, -0.1) is 0 Å². The van der Waals surface area contributed by atoms with E-state index in [4.69, 9.17) is 4.42 Å². The van der Waals surface area contributed by atoms with Crippen LogP contribution in [0, 0.1) is 0 Å². The largest absolute Gasteiger partial charge is 0.456 e. The number of hydrogen-bond acceptors (Lipinski definition) is 1. The Bertz CT molecular complexity index is 5850. The van der Waals surface area contributed by atoms with Crippen LogP contribution >= 0.6 is 0 Å². The van der Waals surface area contributed by atoms with Crippen molar-refractivity contribution in [3.63, 3.8) is 0 Å². The molecule has 5 heterocycles. The van der Waals surface area contributed by atoms with E-state index >= 15 is 0 Å². The van der Waals surface area contributed by atoms with Crippen molar-refractivity contribution in [1.29, 1.82) is 0 Å². The van der Waals surface area contributed by atoms with Crippen LogP contribution in [0.15, 0.2) is 265 Å². The van der Waals surface area contributed by atoms with Crippen LogP contribution in [0.2, 0.25) is 0 Å². The molecule has 0 saturated heterocycles. The number of furan rings is 1. The Hall–Kier alpha value is -10.7. The van der Waals surface area contributed by atoms with Crippen molar-refractivity contribution in [1.82, 2.24) is 9.13 Å². The van der Waals surface area contributed by atoms with E-state index in [1.54, 1.807) is 0 Å². The summed E-state index contributed by atoms with van der Waals surface area (Å²) in [6.45, 7) is -0.112. The van der Waals surface area contributed by atoms with Gasteiger partial charge in [-0.05, 0) is 140 Å². The van der Waals surface area contributed by atoms with Gasteiger partial charge in [-0.3, -0.25) is 0 Å². The molecule has 2 aliphatic rings. The van der Waals surface area contributed by atoms with Gasteiger partial charge in [-0.25, -0.2) is 0 Å². The average molecular weight is 1040 g/mol. The second kappa shape index (κ2) is 15.6. The van der Waals surface area contributed by atoms with Gasteiger partial charge < -0.3 is 13.6 Å². The minimum atomic E-state index is -0.112. The first kappa shape index (κ1) is 43.2. The summed E-state index contributed by atoms with van der Waals surface area (Å²) in [5.41, 5.74) is 20.2. The van der Waals surface area contributed by atoms with E-state index < -0.39 is 0 Å². The Balaban J connectivity index is 1.05. The van der Waals surface area contributed by atoms with Gasteiger partial charge in [-0.2, -0.15) is 0 Å². The molecule has 0 radical (unpaired) electrons. The summed E-state index contributed by atoms with van der Waals surface area (Å²) >= 11 is 0. The second-order valence-corrected chi connectivity index (χ2v) is 22.9. The molecule has 374 valence electrons. The van der Waals surface area contributed by atoms with Crippen molar-refractivity contribution in [2.24, 2.45) is 0 Å². The molecule has 4 heteroatoms. The standard InChI is InChI=1S/C78H43BN2O/c1-3-19-44(20-4-1)47-32-17-33-48(45-21-5-2-6-22-45)71(47)46-39-67-76-68(40-46)81-66-42-61-55-29-15-16-36-69(55)82-70(61)43-60(66)59-34-18-35-63(77(59)81)79(76)64-41-62-54-28-10-8-24-50(54)52-26-12-14-31-57(52)73(62)75-74-65(80(67)78(64)75)38-37-58-53-27-9-7-23-49(53)51-25-11-13-30-56(51)72(58)74/h1-43H. The molecule has 0 N–H and O–H groups in total. The Kier molecular flexibility index (Phi) is 8.21. The predicted molar refractivity (Wildman–Crippen MR) is 348 cm³/mol. The highest BCUT2D eigenvalue weighted by Gasteiger charge is 2.43. The fourth-order valence-electron chi connectivity index (χ4n) is 15.9. The Labute approximate surface area is 469 Å². The molecule has 18 aromatic rings. The minimum absolute atomic E-state index is 0.112. The quantitative estimate of drug-likeness (QED) is 0.128. The molecule has 0 aliphatic carbocycles. The Morgan fingerprint density at radius 2 is 0.768 bits per heavy atom. The van der Waals surface area contributed by atoms with Crippen LogP contribution in [0.5, 0.6) is 0 Å². The van der Waals surface area contributed by atoms with E-state index in [9.17, 15) is 0 Å². The summed E-state index contributed by atoms with van der Waals surface area (Å²) < 4.78 is 12.1. The molecule has 0 amide bonds. The van der Waals surface area contributed by atoms with Crippen LogP contribution in [-0.4, -0.2) is 15.8 Å². The fraction of sp³-hybridized carbons (Fsp3) is 0. The summed E-state index contributed by atoms with van der Waals surface area (Å²) in [5.74, 6) is 0. The third-order valence-electron chi connectivity index (χ3n) is 19.0. The Morgan fingerprint density at radius 1 is 0.268 bits per heavy atom. The van der Waals surface area contributed by atoms with Crippen molar-refractivity contribution in [3.8, 4) is 44.8 Å². The minimum Gasteiger partial charge on any atom is -0.456 e. The van der Waals surface area contributed by atoms with E-state index in [-0.39, 0.29) is 6.71 Å². The number of rotatable bonds is 3. The zero-order valence-electron chi connectivity index (χ0n) is 44.2. The molecule has 0 unspecified atom stereocenters. The number of nitrogens with zero attached hydrogens (tertiary/aromatic N) is 2. The molecule has 0 fully saturated rings. The highest BCUT2D eigenvalue weighted by Crippen LogP contribution is 2.51. The monoisotopic (exact) mass is 1030 g/mol. The van der Waals surface area contributed by atoms with E-state index in [0.29, 0.717) is 0 Å². The maximum absolute atomic E-state index is 6.71. The Morgan fingerprint density at radius 3 is 1.40 bits per heavy atom. The lowest BCUT2D eigenvalue weighted by Crippen LogP contribution is -2.59. The van der Waals surface area contributed by atoms with E-state index in [2.05, 4.69) is 270 Å². The molecule has 82 heavy (non-hydrogen) atoms. The molecule has 0 atom stereocenters. The molecule has 20 rings (SSSR count). The van der Waals surface area contributed by atoms with E-state index in [1.807, 2.05) is 0 Å². The van der Waals surface area contributed by atoms with Crippen molar-refractivity contribution in [3.05, 3.63) is 261 Å². The molecule has 0 saturated carbocycles. The third kappa shape index (κ3) is 5.38. The van der Waals surface area contributed by atoms with Gasteiger partial charge in [0.2, 0.25) is 0 Å². The average Bonchev–Trinajstić information content (AvgIpc) is 2.73. The highest BCUT2D eigenvalue weighted by atomic mass is 16.3. The molecule has 0 spiro atoms. The van der Waals surface area contributed by atoms with E-state index in [0.717, 1.165) is 21.9 Å². The number of fused-ring (bicyclic) bond motifs is 27. The fourth-order valence-corrected chi connectivity index (χ4v) is 15.9. The maximum atomic E-state index is 6.71. The van der Waals surface area contributed by atoms with Gasteiger partial charge in [0.05, 0.1) is 16.6 Å². The molecule has 2 aliphatic heterocycles. The van der Waals surface area contributed by atoms with Crippen LogP contribution in [0.25, 0.3) is 175 Å². The zero-order chi connectivity index (χ0) is 53.1. The first-order valence-corrected chi connectivity index (χ1v) is 28.6. The van der Waals surface area contributed by atoms with Gasteiger partial charge in [-0.1, -0.05) is 224 Å².